The van der Waals surface area contributed by atoms with Crippen LogP contribution >= 0.6 is 11.3 Å². The molecule has 4 rings (SSSR count). The summed E-state index contributed by atoms with van der Waals surface area (Å²) in [6.07, 6.45) is 0. The highest BCUT2D eigenvalue weighted by atomic mass is 32.1. The lowest BCUT2D eigenvalue weighted by molar-refractivity contribution is 0.0306. The minimum atomic E-state index is -3.34. The van der Waals surface area contributed by atoms with Gasteiger partial charge >= 0.3 is 5.92 Å². The van der Waals surface area contributed by atoms with Crippen molar-refractivity contribution >= 4 is 17.0 Å². The molecule has 0 fully saturated rings. The molecule has 0 atom stereocenters. The van der Waals surface area contributed by atoms with Crippen LogP contribution in [-0.2, 0) is 5.92 Å². The number of rotatable bonds is 4. The van der Waals surface area contributed by atoms with Gasteiger partial charge in [-0.15, -0.1) is 21.5 Å². The number of nitrogens with zero attached hydrogens (tertiary/aromatic N) is 4. The first-order valence-corrected chi connectivity index (χ1v) is 8.27. The van der Waals surface area contributed by atoms with Gasteiger partial charge in [-0.05, 0) is 47.8 Å². The summed E-state index contributed by atoms with van der Waals surface area (Å²) in [5, 5.41) is 13.7. The highest BCUT2D eigenvalue weighted by molar-refractivity contribution is 7.13. The fourth-order valence-electron chi connectivity index (χ4n) is 2.47. The molecule has 0 amide bonds. The van der Waals surface area contributed by atoms with Crippen molar-refractivity contribution in [3.8, 4) is 16.3 Å². The lowest BCUT2D eigenvalue weighted by Crippen LogP contribution is -2.20. The van der Waals surface area contributed by atoms with Gasteiger partial charge in [0, 0.05) is 5.56 Å². The third kappa shape index (κ3) is 2.64. The second kappa shape index (κ2) is 5.89. The largest absolute Gasteiger partial charge is 0.497 e. The molecule has 0 unspecified atom stereocenters. The number of fused-ring (bicyclic) bond motifs is 1. The third-order valence-corrected chi connectivity index (χ3v) is 4.66. The highest BCUT2D eigenvalue weighted by Gasteiger charge is 2.40. The first-order chi connectivity index (χ1) is 12.1. The molecule has 126 valence electrons. The molecular weight excluding hydrogens is 346 g/mol. The van der Waals surface area contributed by atoms with Crippen LogP contribution in [0, 0.1) is 0 Å². The molecule has 5 nitrogen and oxygen atoms in total. The maximum Gasteiger partial charge on any atom is 0.333 e. The zero-order valence-corrected chi connectivity index (χ0v) is 13.9. The fraction of sp³-hybridized carbons (Fsp3) is 0.118. The maximum atomic E-state index is 15.0. The Bertz CT molecular complexity index is 1010. The normalized spacial score (nSPS) is 11.8. The van der Waals surface area contributed by atoms with E-state index in [0.29, 0.717) is 11.4 Å². The Labute approximate surface area is 145 Å². The molecule has 1 aromatic carbocycles. The van der Waals surface area contributed by atoms with Crippen molar-refractivity contribution in [1.29, 1.82) is 0 Å². The summed E-state index contributed by atoms with van der Waals surface area (Å²) in [5.41, 5.74) is 0.656. The summed E-state index contributed by atoms with van der Waals surface area (Å²) in [6.45, 7) is 0. The Morgan fingerprint density at radius 3 is 2.52 bits per heavy atom. The van der Waals surface area contributed by atoms with Gasteiger partial charge in [-0.1, -0.05) is 6.07 Å². The molecule has 0 radical (unpaired) electrons. The molecule has 4 aromatic rings. The minimum Gasteiger partial charge on any atom is -0.497 e. The maximum absolute atomic E-state index is 15.0. The van der Waals surface area contributed by atoms with Crippen LogP contribution in [-0.4, -0.2) is 26.9 Å². The van der Waals surface area contributed by atoms with Gasteiger partial charge in [-0.2, -0.15) is 18.4 Å². The molecule has 0 spiro atoms. The van der Waals surface area contributed by atoms with E-state index in [1.165, 1.54) is 42.7 Å². The number of hydrogen-bond donors (Lipinski definition) is 0. The molecule has 3 aromatic heterocycles. The number of thiophene rings is 1. The lowest BCUT2D eigenvalue weighted by atomic mass is 10.1. The van der Waals surface area contributed by atoms with E-state index >= 15 is 0 Å². The first kappa shape index (κ1) is 15.6. The van der Waals surface area contributed by atoms with Gasteiger partial charge in [0.25, 0.3) is 0 Å². The molecule has 0 aliphatic heterocycles. The average Bonchev–Trinajstić information content (AvgIpc) is 3.31. The fourth-order valence-corrected chi connectivity index (χ4v) is 3.16. The number of ether oxygens (including phenoxy) is 1. The topological polar surface area (TPSA) is 52.3 Å². The highest BCUT2D eigenvalue weighted by Crippen LogP contribution is 2.35. The molecule has 0 saturated carbocycles. The van der Waals surface area contributed by atoms with Gasteiger partial charge in [-0.25, -0.2) is 0 Å². The van der Waals surface area contributed by atoms with Gasteiger partial charge in [0.05, 0.1) is 12.0 Å². The number of halogens is 2. The monoisotopic (exact) mass is 358 g/mol. The van der Waals surface area contributed by atoms with Gasteiger partial charge in [0.1, 0.15) is 11.4 Å². The van der Waals surface area contributed by atoms with E-state index < -0.39 is 11.7 Å². The Morgan fingerprint density at radius 2 is 1.84 bits per heavy atom. The predicted molar refractivity (Wildman–Crippen MR) is 90.1 cm³/mol. The number of methoxy groups -OCH3 is 1. The van der Waals surface area contributed by atoms with Crippen LogP contribution in [0.4, 0.5) is 8.78 Å². The van der Waals surface area contributed by atoms with Crippen molar-refractivity contribution in [2.75, 3.05) is 7.11 Å². The number of alkyl halides is 2. The van der Waals surface area contributed by atoms with E-state index in [0.717, 1.165) is 9.39 Å². The first-order valence-electron chi connectivity index (χ1n) is 7.39. The van der Waals surface area contributed by atoms with Crippen LogP contribution in [0.5, 0.6) is 5.75 Å². The standard InChI is InChI=1S/C17H12F2N4OS/c1-24-12-6-4-11(5-7-12)17(18,19)16-21-20-15-9-8-13(22-23(15)16)14-3-2-10-25-14/h2-10H,1H3. The summed E-state index contributed by atoms with van der Waals surface area (Å²) in [4.78, 5) is 0.884. The van der Waals surface area contributed by atoms with E-state index in [1.807, 2.05) is 17.5 Å². The van der Waals surface area contributed by atoms with Gasteiger partial charge < -0.3 is 4.74 Å². The molecule has 0 aliphatic carbocycles. The molecule has 8 heteroatoms. The van der Waals surface area contributed by atoms with Crippen molar-refractivity contribution in [3.05, 3.63) is 65.3 Å². The molecule has 0 bridgehead atoms. The van der Waals surface area contributed by atoms with Crippen LogP contribution in [0.15, 0.2) is 53.9 Å². The van der Waals surface area contributed by atoms with Crippen molar-refractivity contribution < 1.29 is 13.5 Å². The van der Waals surface area contributed by atoms with Gasteiger partial charge in [0.15, 0.2) is 5.65 Å². The van der Waals surface area contributed by atoms with E-state index in [4.69, 9.17) is 4.74 Å². The molecule has 0 N–H and O–H groups in total. The third-order valence-electron chi connectivity index (χ3n) is 3.77. The van der Waals surface area contributed by atoms with E-state index in [1.54, 1.807) is 12.1 Å². The van der Waals surface area contributed by atoms with E-state index in [-0.39, 0.29) is 11.2 Å². The second-order valence-corrected chi connectivity index (χ2v) is 6.24. The van der Waals surface area contributed by atoms with Gasteiger partial charge in [-0.3, -0.25) is 0 Å². The molecule has 0 aliphatic rings. The minimum absolute atomic E-state index is 0.203. The SMILES string of the molecule is COc1ccc(C(F)(F)c2nnc3ccc(-c4cccs4)nn23)cc1. The molecule has 0 saturated heterocycles. The summed E-state index contributed by atoms with van der Waals surface area (Å²) >= 11 is 1.48. The van der Waals surface area contributed by atoms with E-state index in [2.05, 4.69) is 15.3 Å². The predicted octanol–water partition coefficient (Wildman–Crippen LogP) is 4.00. The molecular formula is C17H12F2N4OS. The number of hydrogen-bond acceptors (Lipinski definition) is 5. The van der Waals surface area contributed by atoms with Gasteiger partial charge in [0.2, 0.25) is 5.82 Å². The Kier molecular flexibility index (Phi) is 3.69. The lowest BCUT2D eigenvalue weighted by Gasteiger charge is -2.15. The van der Waals surface area contributed by atoms with Crippen molar-refractivity contribution in [1.82, 2.24) is 19.8 Å². The van der Waals surface area contributed by atoms with Crippen LogP contribution < -0.4 is 4.74 Å². The summed E-state index contributed by atoms with van der Waals surface area (Å²) in [6, 6.07) is 12.7. The van der Waals surface area contributed by atoms with Crippen LogP contribution in [0.25, 0.3) is 16.2 Å². The Morgan fingerprint density at radius 1 is 1.04 bits per heavy atom. The van der Waals surface area contributed by atoms with Crippen LogP contribution in [0.2, 0.25) is 0 Å². The molecule has 3 heterocycles. The van der Waals surface area contributed by atoms with Crippen molar-refractivity contribution in [2.24, 2.45) is 0 Å². The number of aromatic nitrogens is 4. The second-order valence-electron chi connectivity index (χ2n) is 5.29. The smallest absolute Gasteiger partial charge is 0.333 e. The van der Waals surface area contributed by atoms with Crippen LogP contribution in [0.3, 0.4) is 0 Å². The average molecular weight is 358 g/mol. The summed E-state index contributed by atoms with van der Waals surface area (Å²) in [7, 11) is 1.48. The van der Waals surface area contributed by atoms with Crippen LogP contribution in [0.1, 0.15) is 11.4 Å². The van der Waals surface area contributed by atoms with E-state index in [9.17, 15) is 8.78 Å². The zero-order valence-electron chi connectivity index (χ0n) is 13.1. The zero-order chi connectivity index (χ0) is 17.4. The van der Waals surface area contributed by atoms with Crippen molar-refractivity contribution in [3.63, 3.8) is 0 Å². The summed E-state index contributed by atoms with van der Waals surface area (Å²) < 4.78 is 36.0. The van der Waals surface area contributed by atoms with Crippen molar-refractivity contribution in [2.45, 2.75) is 5.92 Å². The number of benzene rings is 1. The molecule has 25 heavy (non-hydrogen) atoms. The Hall–Kier alpha value is -2.87. The quantitative estimate of drug-likeness (QED) is 0.553. The Balaban J connectivity index is 1.82. The summed E-state index contributed by atoms with van der Waals surface area (Å²) in [5.74, 6) is -3.36.